The van der Waals surface area contributed by atoms with Crippen LogP contribution in [0, 0.1) is 5.92 Å². The van der Waals surface area contributed by atoms with Gasteiger partial charge in [-0.1, -0.05) is 6.42 Å². The molecule has 1 aromatic heterocycles. The van der Waals surface area contributed by atoms with E-state index < -0.39 is 11.9 Å². The SMILES string of the molecule is Cn1ccnc1CNC(=O)NC1CCCC1C(=O)O. The predicted molar refractivity (Wildman–Crippen MR) is 67.3 cm³/mol. The van der Waals surface area contributed by atoms with Gasteiger partial charge in [-0.3, -0.25) is 4.79 Å². The molecule has 2 atom stereocenters. The number of aromatic nitrogens is 2. The van der Waals surface area contributed by atoms with Gasteiger partial charge >= 0.3 is 12.0 Å². The molecule has 0 aliphatic heterocycles. The molecule has 0 aromatic carbocycles. The van der Waals surface area contributed by atoms with E-state index in [2.05, 4.69) is 15.6 Å². The monoisotopic (exact) mass is 266 g/mol. The Balaban J connectivity index is 1.81. The first-order valence-corrected chi connectivity index (χ1v) is 6.31. The Morgan fingerprint density at radius 1 is 1.53 bits per heavy atom. The molecule has 0 saturated heterocycles. The summed E-state index contributed by atoms with van der Waals surface area (Å²) in [6.07, 6.45) is 5.63. The van der Waals surface area contributed by atoms with Gasteiger partial charge in [-0.15, -0.1) is 0 Å². The van der Waals surface area contributed by atoms with E-state index in [1.54, 1.807) is 12.4 Å². The molecule has 0 radical (unpaired) electrons. The van der Waals surface area contributed by atoms with Crippen LogP contribution in [-0.2, 0) is 18.4 Å². The van der Waals surface area contributed by atoms with Crippen molar-refractivity contribution < 1.29 is 14.7 Å². The van der Waals surface area contributed by atoms with Crippen molar-refractivity contribution >= 4 is 12.0 Å². The molecule has 1 fully saturated rings. The van der Waals surface area contributed by atoms with Crippen LogP contribution < -0.4 is 10.6 Å². The minimum atomic E-state index is -0.841. The molecule has 2 unspecified atom stereocenters. The van der Waals surface area contributed by atoms with Gasteiger partial charge in [0.2, 0.25) is 0 Å². The molecule has 19 heavy (non-hydrogen) atoms. The highest BCUT2D eigenvalue weighted by atomic mass is 16.4. The summed E-state index contributed by atoms with van der Waals surface area (Å²) < 4.78 is 1.82. The molecule has 104 valence electrons. The molecule has 0 spiro atoms. The molecule has 7 heteroatoms. The number of nitrogens with zero attached hydrogens (tertiary/aromatic N) is 2. The summed E-state index contributed by atoms with van der Waals surface area (Å²) in [7, 11) is 1.85. The van der Waals surface area contributed by atoms with Crippen LogP contribution in [0.5, 0.6) is 0 Å². The lowest BCUT2D eigenvalue weighted by molar-refractivity contribution is -0.142. The quantitative estimate of drug-likeness (QED) is 0.738. The first-order chi connectivity index (χ1) is 9.08. The summed E-state index contributed by atoms with van der Waals surface area (Å²) in [6, 6.07) is -0.625. The van der Waals surface area contributed by atoms with Crippen LogP contribution in [0.15, 0.2) is 12.4 Å². The molecule has 2 rings (SSSR count). The van der Waals surface area contributed by atoms with Crippen LogP contribution in [0.25, 0.3) is 0 Å². The van der Waals surface area contributed by atoms with E-state index in [9.17, 15) is 9.59 Å². The second-order valence-electron chi connectivity index (χ2n) is 4.76. The van der Waals surface area contributed by atoms with Crippen molar-refractivity contribution in [3.63, 3.8) is 0 Å². The van der Waals surface area contributed by atoms with Crippen LogP contribution >= 0.6 is 0 Å². The van der Waals surface area contributed by atoms with Crippen LogP contribution in [0.2, 0.25) is 0 Å². The predicted octanol–water partition coefficient (Wildman–Crippen LogP) is 0.473. The Morgan fingerprint density at radius 2 is 2.32 bits per heavy atom. The van der Waals surface area contributed by atoms with Crippen molar-refractivity contribution in [1.82, 2.24) is 20.2 Å². The molecule has 3 N–H and O–H groups in total. The number of imidazole rings is 1. The van der Waals surface area contributed by atoms with Crippen molar-refractivity contribution in [2.75, 3.05) is 0 Å². The van der Waals surface area contributed by atoms with E-state index in [0.717, 1.165) is 12.2 Å². The summed E-state index contributed by atoms with van der Waals surface area (Å²) in [5.41, 5.74) is 0. The average molecular weight is 266 g/mol. The zero-order valence-corrected chi connectivity index (χ0v) is 10.8. The third-order valence-electron chi connectivity index (χ3n) is 3.48. The molecule has 2 amide bonds. The Labute approximate surface area is 111 Å². The number of carbonyl (C=O) groups excluding carboxylic acids is 1. The third-order valence-corrected chi connectivity index (χ3v) is 3.48. The topological polar surface area (TPSA) is 96.3 Å². The van der Waals surface area contributed by atoms with Crippen molar-refractivity contribution in [3.05, 3.63) is 18.2 Å². The number of aliphatic carboxylic acids is 1. The third kappa shape index (κ3) is 3.24. The van der Waals surface area contributed by atoms with Crippen molar-refractivity contribution in [3.8, 4) is 0 Å². The number of nitrogens with one attached hydrogen (secondary N) is 2. The first kappa shape index (κ1) is 13.4. The molecule has 0 bridgehead atoms. The largest absolute Gasteiger partial charge is 0.481 e. The van der Waals surface area contributed by atoms with Gasteiger partial charge in [0.25, 0.3) is 0 Å². The second-order valence-corrected chi connectivity index (χ2v) is 4.76. The summed E-state index contributed by atoms with van der Waals surface area (Å²) in [4.78, 5) is 26.8. The molecule has 1 aliphatic carbocycles. The standard InChI is InChI=1S/C12H18N4O3/c1-16-6-5-13-10(16)7-14-12(19)15-9-4-2-3-8(9)11(17)18/h5-6,8-9H,2-4,7H2,1H3,(H,17,18)(H2,14,15,19). The fourth-order valence-electron chi connectivity index (χ4n) is 2.37. The normalized spacial score (nSPS) is 22.2. The van der Waals surface area contributed by atoms with Crippen molar-refractivity contribution in [2.24, 2.45) is 13.0 Å². The maximum atomic E-state index is 11.7. The van der Waals surface area contributed by atoms with Gasteiger partial charge in [0.15, 0.2) is 0 Å². The number of hydrogen-bond donors (Lipinski definition) is 3. The number of rotatable bonds is 4. The number of aryl methyl sites for hydroxylation is 1. The van der Waals surface area contributed by atoms with Gasteiger partial charge in [-0.25, -0.2) is 9.78 Å². The number of carboxylic acid groups (broad SMARTS) is 1. The van der Waals surface area contributed by atoms with E-state index in [0.29, 0.717) is 19.4 Å². The Bertz CT molecular complexity index is 471. The Kier molecular flexibility index (Phi) is 4.03. The first-order valence-electron chi connectivity index (χ1n) is 6.31. The average Bonchev–Trinajstić information content (AvgIpc) is 2.95. The summed E-state index contributed by atoms with van der Waals surface area (Å²) in [6.45, 7) is 0.319. The molecule has 7 nitrogen and oxygen atoms in total. The Morgan fingerprint density at radius 3 is 2.95 bits per heavy atom. The van der Waals surface area contributed by atoms with Gasteiger partial charge in [0.1, 0.15) is 5.82 Å². The molecular formula is C12H18N4O3. The number of carboxylic acids is 1. The summed E-state index contributed by atoms with van der Waals surface area (Å²) in [5.74, 6) is -0.567. The van der Waals surface area contributed by atoms with E-state index in [1.807, 2.05) is 11.6 Å². The lowest BCUT2D eigenvalue weighted by Crippen LogP contribution is -2.45. The van der Waals surface area contributed by atoms with Crippen LogP contribution in [0.1, 0.15) is 25.1 Å². The smallest absolute Gasteiger partial charge is 0.315 e. The zero-order chi connectivity index (χ0) is 13.8. The molecule has 1 aromatic rings. The number of hydrogen-bond acceptors (Lipinski definition) is 3. The minimum Gasteiger partial charge on any atom is -0.481 e. The van der Waals surface area contributed by atoms with Gasteiger partial charge < -0.3 is 20.3 Å². The number of amides is 2. The van der Waals surface area contributed by atoms with Crippen molar-refractivity contribution in [1.29, 1.82) is 0 Å². The summed E-state index contributed by atoms with van der Waals surface area (Å²) in [5, 5.41) is 14.4. The van der Waals surface area contributed by atoms with Gasteiger partial charge in [-0.2, -0.15) is 0 Å². The molecule has 1 heterocycles. The van der Waals surface area contributed by atoms with Gasteiger partial charge in [-0.05, 0) is 12.8 Å². The number of carbonyl (C=O) groups is 2. The van der Waals surface area contributed by atoms with Crippen LogP contribution in [-0.4, -0.2) is 32.7 Å². The minimum absolute atomic E-state index is 0.279. The maximum Gasteiger partial charge on any atom is 0.315 e. The fraction of sp³-hybridized carbons (Fsp3) is 0.583. The van der Waals surface area contributed by atoms with E-state index in [1.165, 1.54) is 0 Å². The van der Waals surface area contributed by atoms with Crippen LogP contribution in [0.4, 0.5) is 4.79 Å². The summed E-state index contributed by atoms with van der Waals surface area (Å²) >= 11 is 0. The fourth-order valence-corrected chi connectivity index (χ4v) is 2.37. The molecular weight excluding hydrogens is 248 g/mol. The highest BCUT2D eigenvalue weighted by Gasteiger charge is 2.33. The molecule has 1 saturated carbocycles. The molecule has 1 aliphatic rings. The van der Waals surface area contributed by atoms with Gasteiger partial charge in [0.05, 0.1) is 12.5 Å². The second kappa shape index (κ2) is 5.73. The van der Waals surface area contributed by atoms with Gasteiger partial charge in [0, 0.05) is 25.5 Å². The van der Waals surface area contributed by atoms with E-state index in [-0.39, 0.29) is 12.1 Å². The Hall–Kier alpha value is -2.05. The van der Waals surface area contributed by atoms with Crippen LogP contribution in [0.3, 0.4) is 0 Å². The highest BCUT2D eigenvalue weighted by molar-refractivity contribution is 5.76. The number of urea groups is 1. The van der Waals surface area contributed by atoms with E-state index in [4.69, 9.17) is 5.11 Å². The van der Waals surface area contributed by atoms with Crippen molar-refractivity contribution in [2.45, 2.75) is 31.8 Å². The lowest BCUT2D eigenvalue weighted by atomic mass is 10.0. The van der Waals surface area contributed by atoms with E-state index >= 15 is 0 Å². The lowest BCUT2D eigenvalue weighted by Gasteiger charge is -2.17. The highest BCUT2D eigenvalue weighted by Crippen LogP contribution is 2.25. The maximum absolute atomic E-state index is 11.7. The zero-order valence-electron chi connectivity index (χ0n) is 10.8.